The van der Waals surface area contributed by atoms with Gasteiger partial charge in [0.05, 0.1) is 6.61 Å². The molecule has 1 aromatic carbocycles. The van der Waals surface area contributed by atoms with Crippen molar-refractivity contribution in [3.05, 3.63) is 35.9 Å². The maximum Gasteiger partial charge on any atom is 0.226 e. The lowest BCUT2D eigenvalue weighted by Crippen LogP contribution is -2.38. The molecule has 0 aliphatic heterocycles. The summed E-state index contributed by atoms with van der Waals surface area (Å²) >= 11 is 0. The molecular weight excluding hydrogens is 240 g/mol. The Balaban J connectivity index is 1.93. The summed E-state index contributed by atoms with van der Waals surface area (Å²) in [7, 11) is 1.65. The third-order valence-electron chi connectivity index (χ3n) is 3.61. The van der Waals surface area contributed by atoms with Crippen molar-refractivity contribution in [2.75, 3.05) is 33.4 Å². The maximum absolute atomic E-state index is 12.4. The number of carbonyl (C=O) groups excluding carboxylic acids is 1. The zero-order valence-electron chi connectivity index (χ0n) is 11.4. The van der Waals surface area contributed by atoms with Crippen molar-refractivity contribution in [3.63, 3.8) is 0 Å². The second-order valence-electron chi connectivity index (χ2n) is 4.97. The number of carbonyl (C=O) groups is 1. The average molecular weight is 262 g/mol. The summed E-state index contributed by atoms with van der Waals surface area (Å²) in [4.78, 5) is 14.2. The first-order valence-electron chi connectivity index (χ1n) is 6.80. The van der Waals surface area contributed by atoms with Gasteiger partial charge in [-0.15, -0.1) is 0 Å². The van der Waals surface area contributed by atoms with Gasteiger partial charge in [-0.1, -0.05) is 30.3 Å². The Labute approximate surface area is 114 Å². The van der Waals surface area contributed by atoms with Crippen LogP contribution in [0.15, 0.2) is 30.3 Å². The molecular formula is C15H22N2O2. The molecule has 104 valence electrons. The van der Waals surface area contributed by atoms with Crippen molar-refractivity contribution in [1.29, 1.82) is 0 Å². The van der Waals surface area contributed by atoms with Crippen LogP contribution in [0.2, 0.25) is 0 Å². The largest absolute Gasteiger partial charge is 0.383 e. The maximum atomic E-state index is 12.4. The Kier molecular flexibility index (Phi) is 4.93. The van der Waals surface area contributed by atoms with E-state index >= 15 is 0 Å². The number of ether oxygens (including phenoxy) is 1. The number of nitrogens with zero attached hydrogens (tertiary/aromatic N) is 1. The van der Waals surface area contributed by atoms with Crippen LogP contribution in [0.3, 0.4) is 0 Å². The smallest absolute Gasteiger partial charge is 0.226 e. The van der Waals surface area contributed by atoms with E-state index in [1.54, 1.807) is 7.11 Å². The van der Waals surface area contributed by atoms with Crippen LogP contribution in [0.1, 0.15) is 17.9 Å². The third-order valence-corrected chi connectivity index (χ3v) is 3.61. The van der Waals surface area contributed by atoms with Gasteiger partial charge in [0.1, 0.15) is 0 Å². The van der Waals surface area contributed by atoms with Gasteiger partial charge >= 0.3 is 0 Å². The molecule has 1 fully saturated rings. The van der Waals surface area contributed by atoms with Crippen LogP contribution in [0.4, 0.5) is 0 Å². The topological polar surface area (TPSA) is 55.6 Å². The molecule has 19 heavy (non-hydrogen) atoms. The van der Waals surface area contributed by atoms with Gasteiger partial charge in [-0.3, -0.25) is 4.79 Å². The van der Waals surface area contributed by atoms with Crippen LogP contribution in [0.5, 0.6) is 0 Å². The Morgan fingerprint density at radius 1 is 1.37 bits per heavy atom. The third kappa shape index (κ3) is 3.55. The Morgan fingerprint density at radius 2 is 2.11 bits per heavy atom. The molecule has 0 aromatic heterocycles. The molecule has 4 heteroatoms. The summed E-state index contributed by atoms with van der Waals surface area (Å²) in [5.74, 6) is 0.735. The minimum absolute atomic E-state index is 0.130. The van der Waals surface area contributed by atoms with E-state index in [0.29, 0.717) is 32.2 Å². The van der Waals surface area contributed by atoms with Crippen molar-refractivity contribution >= 4 is 5.91 Å². The first-order valence-corrected chi connectivity index (χ1v) is 6.80. The number of amides is 1. The molecule has 1 aromatic rings. The van der Waals surface area contributed by atoms with Gasteiger partial charge in [0, 0.05) is 32.7 Å². The number of hydrogen-bond acceptors (Lipinski definition) is 3. The lowest BCUT2D eigenvalue weighted by atomic mass is 10.1. The standard InChI is InChI=1S/C15H22N2O2/c1-19-10-9-17(8-7-16)15(18)14-11-13(14)12-5-3-2-4-6-12/h2-6,13-14H,7-11,16H2,1H3. The number of nitrogens with two attached hydrogens (primary N) is 1. The lowest BCUT2D eigenvalue weighted by molar-refractivity contribution is -0.133. The molecule has 0 heterocycles. The zero-order valence-corrected chi connectivity index (χ0v) is 11.4. The van der Waals surface area contributed by atoms with Crippen molar-refractivity contribution in [2.45, 2.75) is 12.3 Å². The Bertz CT molecular complexity index is 408. The van der Waals surface area contributed by atoms with Crippen molar-refractivity contribution in [2.24, 2.45) is 11.7 Å². The molecule has 0 saturated heterocycles. The first kappa shape index (κ1) is 14.0. The second-order valence-corrected chi connectivity index (χ2v) is 4.97. The highest BCUT2D eigenvalue weighted by Gasteiger charge is 2.45. The van der Waals surface area contributed by atoms with E-state index in [9.17, 15) is 4.79 Å². The fraction of sp³-hybridized carbons (Fsp3) is 0.533. The molecule has 2 N–H and O–H groups in total. The Hall–Kier alpha value is -1.39. The Morgan fingerprint density at radius 3 is 2.74 bits per heavy atom. The average Bonchev–Trinajstić information content (AvgIpc) is 3.24. The summed E-state index contributed by atoms with van der Waals surface area (Å²) in [6, 6.07) is 10.2. The molecule has 1 saturated carbocycles. The molecule has 2 rings (SSSR count). The summed E-state index contributed by atoms with van der Waals surface area (Å²) in [6.07, 6.45) is 0.955. The second kappa shape index (κ2) is 6.68. The molecule has 1 amide bonds. The van der Waals surface area contributed by atoms with E-state index in [-0.39, 0.29) is 11.8 Å². The van der Waals surface area contributed by atoms with E-state index in [1.165, 1.54) is 5.56 Å². The van der Waals surface area contributed by atoms with Crippen LogP contribution < -0.4 is 5.73 Å². The zero-order chi connectivity index (χ0) is 13.7. The van der Waals surface area contributed by atoms with Crippen LogP contribution >= 0.6 is 0 Å². The molecule has 4 nitrogen and oxygen atoms in total. The van der Waals surface area contributed by atoms with Gasteiger partial charge in [0.2, 0.25) is 5.91 Å². The van der Waals surface area contributed by atoms with Crippen molar-refractivity contribution < 1.29 is 9.53 Å². The summed E-state index contributed by atoms with van der Waals surface area (Å²) in [6.45, 7) is 2.30. The van der Waals surface area contributed by atoms with Crippen LogP contribution in [-0.2, 0) is 9.53 Å². The number of benzene rings is 1. The van der Waals surface area contributed by atoms with Gasteiger partial charge in [0.25, 0.3) is 0 Å². The predicted octanol–water partition coefficient (Wildman–Crippen LogP) is 1.22. The quantitative estimate of drug-likeness (QED) is 0.804. The predicted molar refractivity (Wildman–Crippen MR) is 74.8 cm³/mol. The van der Waals surface area contributed by atoms with Crippen LogP contribution in [0.25, 0.3) is 0 Å². The van der Waals surface area contributed by atoms with Crippen LogP contribution in [0, 0.1) is 5.92 Å². The van der Waals surface area contributed by atoms with E-state index in [2.05, 4.69) is 12.1 Å². The highest BCUT2D eigenvalue weighted by molar-refractivity contribution is 5.83. The van der Waals surface area contributed by atoms with Gasteiger partial charge < -0.3 is 15.4 Å². The van der Waals surface area contributed by atoms with E-state index in [0.717, 1.165) is 6.42 Å². The van der Waals surface area contributed by atoms with Crippen molar-refractivity contribution in [3.8, 4) is 0 Å². The number of methoxy groups -OCH3 is 1. The highest BCUT2D eigenvalue weighted by atomic mass is 16.5. The normalized spacial score (nSPS) is 21.2. The fourth-order valence-electron chi connectivity index (χ4n) is 2.46. The molecule has 2 unspecified atom stereocenters. The minimum Gasteiger partial charge on any atom is -0.383 e. The van der Waals surface area contributed by atoms with E-state index in [1.807, 2.05) is 23.1 Å². The number of hydrogen-bond donors (Lipinski definition) is 1. The highest BCUT2D eigenvalue weighted by Crippen LogP contribution is 2.48. The summed E-state index contributed by atoms with van der Waals surface area (Å²) < 4.78 is 5.05. The molecule has 0 radical (unpaired) electrons. The van der Waals surface area contributed by atoms with Gasteiger partial charge in [0.15, 0.2) is 0 Å². The molecule has 1 aliphatic rings. The van der Waals surface area contributed by atoms with Gasteiger partial charge in [-0.25, -0.2) is 0 Å². The SMILES string of the molecule is COCCN(CCN)C(=O)C1CC1c1ccccc1. The van der Waals surface area contributed by atoms with Gasteiger partial charge in [-0.05, 0) is 17.9 Å². The lowest BCUT2D eigenvalue weighted by Gasteiger charge is -2.21. The summed E-state index contributed by atoms with van der Waals surface area (Å²) in [5.41, 5.74) is 6.83. The molecule has 0 bridgehead atoms. The summed E-state index contributed by atoms with van der Waals surface area (Å²) in [5, 5.41) is 0. The first-order chi connectivity index (χ1) is 9.27. The fourth-order valence-corrected chi connectivity index (χ4v) is 2.46. The van der Waals surface area contributed by atoms with E-state index in [4.69, 9.17) is 10.5 Å². The minimum atomic E-state index is 0.130. The van der Waals surface area contributed by atoms with Crippen LogP contribution in [-0.4, -0.2) is 44.2 Å². The molecule has 2 atom stereocenters. The van der Waals surface area contributed by atoms with E-state index < -0.39 is 0 Å². The molecule has 0 spiro atoms. The number of rotatable bonds is 7. The van der Waals surface area contributed by atoms with Crippen molar-refractivity contribution in [1.82, 2.24) is 4.90 Å². The van der Waals surface area contributed by atoms with Gasteiger partial charge in [-0.2, -0.15) is 0 Å². The monoisotopic (exact) mass is 262 g/mol. The molecule has 1 aliphatic carbocycles.